The molecule has 0 atom stereocenters. The Labute approximate surface area is 119 Å². The van der Waals surface area contributed by atoms with E-state index in [4.69, 9.17) is 10.8 Å². The number of nitrogens with zero attached hydrogens (tertiary/aromatic N) is 2. The van der Waals surface area contributed by atoms with Crippen molar-refractivity contribution in [3.63, 3.8) is 0 Å². The van der Waals surface area contributed by atoms with Gasteiger partial charge in [0.05, 0.1) is 6.54 Å². The van der Waals surface area contributed by atoms with Crippen molar-refractivity contribution >= 4 is 29.1 Å². The third-order valence-electron chi connectivity index (χ3n) is 3.26. The minimum Gasteiger partial charge on any atom is -0.476 e. The summed E-state index contributed by atoms with van der Waals surface area (Å²) in [6.07, 6.45) is 3.67. The number of hydrogen-bond donors (Lipinski definition) is 2. The van der Waals surface area contributed by atoms with Crippen molar-refractivity contribution in [3.8, 4) is 0 Å². The summed E-state index contributed by atoms with van der Waals surface area (Å²) < 4.78 is 0. The van der Waals surface area contributed by atoms with Crippen LogP contribution in [-0.4, -0.2) is 45.4 Å². The van der Waals surface area contributed by atoms with Crippen LogP contribution >= 0.6 is 11.3 Å². The standard InChI is InChI=1S/C12H15N3O4S/c13-9(16)5-15(7-3-1-2-4-7)11(17)10-14-8(6-20-10)12(18)19/h6-7H,1-5H2,(H2,13,16)(H,18,19). The molecule has 1 heterocycles. The van der Waals surface area contributed by atoms with Crippen LogP contribution in [0.4, 0.5) is 0 Å². The highest BCUT2D eigenvalue weighted by molar-refractivity contribution is 7.11. The third kappa shape index (κ3) is 3.13. The molecule has 0 aromatic carbocycles. The lowest BCUT2D eigenvalue weighted by atomic mass is 10.2. The van der Waals surface area contributed by atoms with Gasteiger partial charge in [-0.1, -0.05) is 12.8 Å². The fraction of sp³-hybridized carbons (Fsp3) is 0.500. The number of carboxylic acid groups (broad SMARTS) is 1. The predicted octanol–water partition coefficient (Wildman–Crippen LogP) is 0.711. The molecule has 2 amide bonds. The zero-order valence-corrected chi connectivity index (χ0v) is 11.6. The molecule has 1 saturated carbocycles. The van der Waals surface area contributed by atoms with Crippen molar-refractivity contribution in [1.29, 1.82) is 0 Å². The fourth-order valence-electron chi connectivity index (χ4n) is 2.34. The van der Waals surface area contributed by atoms with Gasteiger partial charge in [-0.25, -0.2) is 9.78 Å². The molecular weight excluding hydrogens is 282 g/mol. The Morgan fingerprint density at radius 2 is 2.05 bits per heavy atom. The van der Waals surface area contributed by atoms with Crippen LogP contribution in [0.1, 0.15) is 46.0 Å². The van der Waals surface area contributed by atoms with Gasteiger partial charge in [-0.05, 0) is 12.8 Å². The van der Waals surface area contributed by atoms with E-state index >= 15 is 0 Å². The summed E-state index contributed by atoms with van der Waals surface area (Å²) in [4.78, 5) is 39.5. The van der Waals surface area contributed by atoms with Crippen LogP contribution in [0.2, 0.25) is 0 Å². The quantitative estimate of drug-likeness (QED) is 0.831. The first-order chi connectivity index (χ1) is 9.49. The van der Waals surface area contributed by atoms with Gasteiger partial charge in [0.2, 0.25) is 5.91 Å². The van der Waals surface area contributed by atoms with Gasteiger partial charge in [0.1, 0.15) is 0 Å². The number of nitrogens with two attached hydrogens (primary N) is 1. The summed E-state index contributed by atoms with van der Waals surface area (Å²) in [5.74, 6) is -2.18. The maximum atomic E-state index is 12.4. The van der Waals surface area contributed by atoms with Crippen molar-refractivity contribution in [2.45, 2.75) is 31.7 Å². The minimum atomic E-state index is -1.18. The molecule has 0 bridgehead atoms. The van der Waals surface area contributed by atoms with Crippen molar-refractivity contribution in [3.05, 3.63) is 16.1 Å². The van der Waals surface area contributed by atoms with Gasteiger partial charge >= 0.3 is 5.97 Å². The van der Waals surface area contributed by atoms with E-state index in [2.05, 4.69) is 4.98 Å². The molecule has 2 rings (SSSR count). The number of carbonyl (C=O) groups is 3. The summed E-state index contributed by atoms with van der Waals surface area (Å²) in [5, 5.41) is 10.2. The molecule has 1 aromatic rings. The lowest BCUT2D eigenvalue weighted by Crippen LogP contribution is -2.44. The second-order valence-corrected chi connectivity index (χ2v) is 5.54. The molecule has 0 aliphatic heterocycles. The number of hydrogen-bond acceptors (Lipinski definition) is 5. The molecule has 20 heavy (non-hydrogen) atoms. The Morgan fingerprint density at radius 3 is 2.55 bits per heavy atom. The van der Waals surface area contributed by atoms with Crippen molar-refractivity contribution < 1.29 is 19.5 Å². The van der Waals surface area contributed by atoms with Crippen molar-refractivity contribution in [2.75, 3.05) is 6.54 Å². The zero-order valence-electron chi connectivity index (χ0n) is 10.7. The highest BCUT2D eigenvalue weighted by Gasteiger charge is 2.30. The number of primary amides is 1. The van der Waals surface area contributed by atoms with Crippen LogP contribution in [0.5, 0.6) is 0 Å². The molecule has 0 spiro atoms. The highest BCUT2D eigenvalue weighted by Crippen LogP contribution is 2.25. The molecule has 0 saturated heterocycles. The van der Waals surface area contributed by atoms with Crippen LogP contribution in [-0.2, 0) is 4.79 Å². The van der Waals surface area contributed by atoms with Crippen molar-refractivity contribution in [2.24, 2.45) is 5.73 Å². The number of amides is 2. The van der Waals surface area contributed by atoms with Gasteiger partial charge in [0, 0.05) is 11.4 Å². The monoisotopic (exact) mass is 297 g/mol. The zero-order chi connectivity index (χ0) is 14.7. The van der Waals surface area contributed by atoms with Gasteiger partial charge in [-0.15, -0.1) is 11.3 Å². The predicted molar refractivity (Wildman–Crippen MR) is 71.6 cm³/mol. The van der Waals surface area contributed by atoms with Crippen molar-refractivity contribution in [1.82, 2.24) is 9.88 Å². The molecule has 0 radical (unpaired) electrons. The van der Waals surface area contributed by atoms with E-state index in [1.807, 2.05) is 0 Å². The van der Waals surface area contributed by atoms with Crippen LogP contribution in [0, 0.1) is 0 Å². The van der Waals surface area contributed by atoms with E-state index < -0.39 is 17.8 Å². The number of thiazole rings is 1. The summed E-state index contributed by atoms with van der Waals surface area (Å²) in [6, 6.07) is -0.0211. The minimum absolute atomic E-state index is 0.0211. The largest absolute Gasteiger partial charge is 0.476 e. The SMILES string of the molecule is NC(=O)CN(C(=O)c1nc(C(=O)O)cs1)C1CCCC1. The first-order valence-electron chi connectivity index (χ1n) is 6.27. The molecule has 1 aliphatic carbocycles. The first kappa shape index (κ1) is 14.4. The maximum Gasteiger partial charge on any atom is 0.355 e. The van der Waals surface area contributed by atoms with Gasteiger partial charge in [-0.2, -0.15) is 0 Å². The van der Waals surface area contributed by atoms with E-state index in [1.165, 1.54) is 10.3 Å². The van der Waals surface area contributed by atoms with Gasteiger partial charge in [-0.3, -0.25) is 9.59 Å². The second-order valence-electron chi connectivity index (χ2n) is 4.68. The molecule has 8 heteroatoms. The Balaban J connectivity index is 2.19. The number of aromatic nitrogens is 1. The molecule has 108 valence electrons. The number of aromatic carboxylic acids is 1. The average Bonchev–Trinajstić information content (AvgIpc) is 3.05. The lowest BCUT2D eigenvalue weighted by Gasteiger charge is -2.26. The van der Waals surface area contributed by atoms with E-state index in [9.17, 15) is 14.4 Å². The smallest absolute Gasteiger partial charge is 0.355 e. The van der Waals surface area contributed by atoms with E-state index in [1.54, 1.807) is 0 Å². The molecule has 1 aromatic heterocycles. The molecule has 1 aliphatic rings. The number of carboxylic acids is 1. The van der Waals surface area contributed by atoms with Gasteiger partial charge in [0.15, 0.2) is 10.7 Å². The van der Waals surface area contributed by atoms with Gasteiger partial charge < -0.3 is 15.7 Å². The van der Waals surface area contributed by atoms with E-state index in [-0.39, 0.29) is 23.3 Å². The van der Waals surface area contributed by atoms with Crippen LogP contribution in [0.15, 0.2) is 5.38 Å². The average molecular weight is 297 g/mol. The molecular formula is C12H15N3O4S. The normalized spacial score (nSPS) is 15.2. The molecule has 1 fully saturated rings. The second kappa shape index (κ2) is 6.00. The van der Waals surface area contributed by atoms with E-state index in [0.29, 0.717) is 0 Å². The maximum absolute atomic E-state index is 12.4. The Hall–Kier alpha value is -1.96. The highest BCUT2D eigenvalue weighted by atomic mass is 32.1. The third-order valence-corrected chi connectivity index (χ3v) is 4.09. The summed E-state index contributed by atoms with van der Waals surface area (Å²) in [6.45, 7) is -0.161. The number of rotatable bonds is 5. The lowest BCUT2D eigenvalue weighted by molar-refractivity contribution is -0.119. The topological polar surface area (TPSA) is 114 Å². The Morgan fingerprint density at radius 1 is 1.40 bits per heavy atom. The fourth-order valence-corrected chi connectivity index (χ4v) is 3.09. The first-order valence-corrected chi connectivity index (χ1v) is 7.15. The number of carbonyl (C=O) groups excluding carboxylic acids is 2. The summed E-state index contributed by atoms with van der Waals surface area (Å²) >= 11 is 0.965. The van der Waals surface area contributed by atoms with Crippen LogP contribution < -0.4 is 5.73 Å². The van der Waals surface area contributed by atoms with Crippen LogP contribution in [0.3, 0.4) is 0 Å². The summed E-state index contributed by atoms with van der Waals surface area (Å²) in [7, 11) is 0. The Bertz CT molecular complexity index is 537. The molecule has 7 nitrogen and oxygen atoms in total. The molecule has 0 unspecified atom stereocenters. The van der Waals surface area contributed by atoms with E-state index in [0.717, 1.165) is 37.0 Å². The van der Waals surface area contributed by atoms with Gasteiger partial charge in [0.25, 0.3) is 5.91 Å². The molecule has 3 N–H and O–H groups in total. The van der Waals surface area contributed by atoms with Crippen LogP contribution in [0.25, 0.3) is 0 Å². The Kier molecular flexibility index (Phi) is 4.33. The summed E-state index contributed by atoms with van der Waals surface area (Å²) in [5.41, 5.74) is 5.02.